The van der Waals surface area contributed by atoms with Crippen molar-refractivity contribution in [1.82, 2.24) is 4.90 Å². The van der Waals surface area contributed by atoms with E-state index in [1.807, 2.05) is 6.07 Å². The molecule has 0 spiro atoms. The van der Waals surface area contributed by atoms with Crippen LogP contribution in [0.2, 0.25) is 0 Å². The minimum absolute atomic E-state index is 0.110. The first-order chi connectivity index (χ1) is 14.2. The Bertz CT molecular complexity index is 987. The summed E-state index contributed by atoms with van der Waals surface area (Å²) in [5.41, 5.74) is 5.85. The number of nitrogens with zero attached hydrogens (tertiary/aromatic N) is 1. The molecular weight excluding hydrogens is 373 g/mol. The molecule has 0 aromatic heterocycles. The molecule has 6 heteroatoms. The lowest BCUT2D eigenvalue weighted by Gasteiger charge is -2.42. The van der Waals surface area contributed by atoms with Gasteiger partial charge in [0, 0.05) is 29.8 Å². The predicted molar refractivity (Wildman–Crippen MR) is 108 cm³/mol. The molecule has 5 rings (SSSR count). The van der Waals surface area contributed by atoms with Crippen molar-refractivity contribution >= 4 is 11.8 Å². The van der Waals surface area contributed by atoms with Crippen molar-refractivity contribution in [2.45, 2.75) is 25.8 Å². The van der Waals surface area contributed by atoms with E-state index in [9.17, 15) is 4.39 Å². The van der Waals surface area contributed by atoms with Crippen LogP contribution in [0.5, 0.6) is 23.0 Å². The van der Waals surface area contributed by atoms with Gasteiger partial charge in [0.1, 0.15) is 0 Å². The van der Waals surface area contributed by atoms with Crippen LogP contribution in [-0.4, -0.2) is 38.6 Å². The molecule has 0 saturated heterocycles. The van der Waals surface area contributed by atoms with Crippen LogP contribution in [0.15, 0.2) is 24.3 Å². The number of alkyl halides is 1. The number of hydrogen-bond donors (Lipinski definition) is 0. The van der Waals surface area contributed by atoms with Gasteiger partial charge in [-0.1, -0.05) is 6.07 Å². The van der Waals surface area contributed by atoms with Crippen LogP contribution in [-0.2, 0) is 6.42 Å². The zero-order chi connectivity index (χ0) is 20.0. The normalized spacial score (nSPS) is 18.5. The third kappa shape index (κ3) is 2.89. The zero-order valence-electron chi connectivity index (χ0n) is 16.7. The highest BCUT2D eigenvalue weighted by molar-refractivity contribution is 5.88. The van der Waals surface area contributed by atoms with Gasteiger partial charge in [-0.3, -0.25) is 4.39 Å². The molecule has 3 aliphatic rings. The highest BCUT2D eigenvalue weighted by Crippen LogP contribution is 2.49. The van der Waals surface area contributed by atoms with Crippen LogP contribution in [0.1, 0.15) is 41.6 Å². The maximum atomic E-state index is 12.6. The summed E-state index contributed by atoms with van der Waals surface area (Å²) < 4.78 is 35.3. The second-order valence-corrected chi connectivity index (χ2v) is 7.50. The molecule has 0 radical (unpaired) electrons. The molecule has 2 aromatic carbocycles. The van der Waals surface area contributed by atoms with Crippen LogP contribution < -0.4 is 18.9 Å². The molecule has 0 amide bonds. The Kier molecular flexibility index (Phi) is 4.49. The van der Waals surface area contributed by atoms with Crippen LogP contribution in [0, 0.1) is 0 Å². The molecule has 0 saturated carbocycles. The topological polar surface area (TPSA) is 40.2 Å². The Labute approximate surface area is 169 Å². The van der Waals surface area contributed by atoms with E-state index < -0.39 is 6.67 Å². The minimum atomic E-state index is -0.393. The Morgan fingerprint density at radius 1 is 1.21 bits per heavy atom. The quantitative estimate of drug-likeness (QED) is 0.690. The lowest BCUT2D eigenvalue weighted by molar-refractivity contribution is 0.174. The highest BCUT2D eigenvalue weighted by atomic mass is 19.1. The van der Waals surface area contributed by atoms with Crippen molar-refractivity contribution in [2.75, 3.05) is 33.7 Å². The van der Waals surface area contributed by atoms with Gasteiger partial charge in [-0.15, -0.1) is 0 Å². The van der Waals surface area contributed by atoms with Crippen molar-refractivity contribution < 1.29 is 23.3 Å². The summed E-state index contributed by atoms with van der Waals surface area (Å²) in [4.78, 5) is 2.40. The predicted octanol–water partition coefficient (Wildman–Crippen LogP) is 4.59. The number of fused-ring (bicyclic) bond motifs is 5. The third-order valence-corrected chi connectivity index (χ3v) is 5.92. The molecule has 1 unspecified atom stereocenters. The van der Waals surface area contributed by atoms with Crippen molar-refractivity contribution in [1.29, 1.82) is 0 Å². The molecule has 0 aliphatic carbocycles. The minimum Gasteiger partial charge on any atom is -0.493 e. The molecule has 5 nitrogen and oxygen atoms in total. The molecule has 0 N–H and O–H groups in total. The molecule has 2 aromatic rings. The molecule has 3 heterocycles. The number of rotatable bonds is 5. The van der Waals surface area contributed by atoms with Gasteiger partial charge in [0.25, 0.3) is 0 Å². The molecule has 1 atom stereocenters. The Balaban J connectivity index is 1.61. The maximum Gasteiger partial charge on any atom is 0.231 e. The van der Waals surface area contributed by atoms with E-state index in [-0.39, 0.29) is 12.8 Å². The van der Waals surface area contributed by atoms with Crippen LogP contribution in [0.4, 0.5) is 4.39 Å². The van der Waals surface area contributed by atoms with E-state index in [0.717, 1.165) is 41.3 Å². The number of benzene rings is 2. The largest absolute Gasteiger partial charge is 0.493 e. The fourth-order valence-electron chi connectivity index (χ4n) is 4.50. The first-order valence-corrected chi connectivity index (χ1v) is 10.0. The van der Waals surface area contributed by atoms with Crippen molar-refractivity contribution in [3.63, 3.8) is 0 Å². The average Bonchev–Trinajstić information content (AvgIpc) is 3.20. The Morgan fingerprint density at radius 2 is 2.03 bits per heavy atom. The van der Waals surface area contributed by atoms with Crippen molar-refractivity contribution in [3.05, 3.63) is 46.5 Å². The van der Waals surface area contributed by atoms with Gasteiger partial charge in [0.05, 0.1) is 26.4 Å². The van der Waals surface area contributed by atoms with Gasteiger partial charge < -0.3 is 23.8 Å². The van der Waals surface area contributed by atoms with E-state index in [2.05, 4.69) is 36.1 Å². The van der Waals surface area contributed by atoms with E-state index in [4.69, 9.17) is 18.9 Å². The maximum absolute atomic E-state index is 12.6. The van der Waals surface area contributed by atoms with Crippen LogP contribution in [0.25, 0.3) is 11.8 Å². The number of ether oxygens (including phenoxy) is 4. The fourth-order valence-corrected chi connectivity index (χ4v) is 4.50. The third-order valence-electron chi connectivity index (χ3n) is 5.92. The average molecular weight is 397 g/mol. The second-order valence-electron chi connectivity index (χ2n) is 7.50. The summed E-state index contributed by atoms with van der Waals surface area (Å²) in [6.07, 6.45) is 3.51. The number of halogens is 1. The summed E-state index contributed by atoms with van der Waals surface area (Å²) in [5, 5.41) is 0. The van der Waals surface area contributed by atoms with Gasteiger partial charge in [-0.2, -0.15) is 0 Å². The molecule has 0 bridgehead atoms. The molecule has 0 fully saturated rings. The van der Waals surface area contributed by atoms with Crippen molar-refractivity contribution in [3.8, 4) is 23.0 Å². The van der Waals surface area contributed by atoms with E-state index >= 15 is 0 Å². The second kappa shape index (κ2) is 7.17. The summed E-state index contributed by atoms with van der Waals surface area (Å²) in [7, 11) is 1.64. The summed E-state index contributed by atoms with van der Waals surface area (Å²) >= 11 is 0. The Hall–Kier alpha value is -2.89. The first-order valence-electron chi connectivity index (χ1n) is 10.0. The Morgan fingerprint density at radius 3 is 2.83 bits per heavy atom. The lowest BCUT2D eigenvalue weighted by Crippen LogP contribution is -2.34. The van der Waals surface area contributed by atoms with Crippen LogP contribution >= 0.6 is 0 Å². The van der Waals surface area contributed by atoms with Gasteiger partial charge in [-0.05, 0) is 48.7 Å². The molecule has 3 aliphatic heterocycles. The van der Waals surface area contributed by atoms with E-state index in [1.165, 1.54) is 16.8 Å². The van der Waals surface area contributed by atoms with Gasteiger partial charge in [0.2, 0.25) is 6.79 Å². The van der Waals surface area contributed by atoms with E-state index in [0.29, 0.717) is 18.8 Å². The zero-order valence-corrected chi connectivity index (χ0v) is 16.7. The first kappa shape index (κ1) is 18.2. The lowest BCUT2D eigenvalue weighted by atomic mass is 9.86. The van der Waals surface area contributed by atoms with Crippen molar-refractivity contribution in [2.24, 2.45) is 0 Å². The van der Waals surface area contributed by atoms with Gasteiger partial charge >= 0.3 is 0 Å². The summed E-state index contributed by atoms with van der Waals surface area (Å²) in [6, 6.07) is 8.30. The standard InChI is InChI=1S/C23H24FNO4/c1-14-22-16(4-5-19(26-2)23(22)27-9-3-7-24)10-18-17-12-21-20(28-13-29-21)11-15(17)6-8-25(14)18/h4-5,10-12,14H,3,6-9,13H2,1-2H3. The highest BCUT2D eigenvalue weighted by Gasteiger charge is 2.34. The van der Waals surface area contributed by atoms with Gasteiger partial charge in [-0.25, -0.2) is 0 Å². The monoisotopic (exact) mass is 397 g/mol. The molecule has 152 valence electrons. The number of methoxy groups -OCH3 is 1. The summed E-state index contributed by atoms with van der Waals surface area (Å²) in [5.74, 6) is 3.04. The smallest absolute Gasteiger partial charge is 0.231 e. The van der Waals surface area contributed by atoms with E-state index in [1.54, 1.807) is 7.11 Å². The fraction of sp³-hybridized carbons (Fsp3) is 0.391. The SMILES string of the molecule is COc1ccc2c(c1OCCCF)C(C)N1CCc3cc4c(cc3C1=C2)OCO4. The number of hydrogen-bond acceptors (Lipinski definition) is 5. The van der Waals surface area contributed by atoms with Gasteiger partial charge in [0.15, 0.2) is 23.0 Å². The molecular formula is C23H24FNO4. The summed E-state index contributed by atoms with van der Waals surface area (Å²) in [6.45, 7) is 3.31. The van der Waals surface area contributed by atoms with Crippen LogP contribution in [0.3, 0.4) is 0 Å². The molecule has 29 heavy (non-hydrogen) atoms.